The van der Waals surface area contributed by atoms with Crippen LogP contribution in [0.15, 0.2) is 24.3 Å². The Kier molecular flexibility index (Phi) is 6.53. The van der Waals surface area contributed by atoms with Crippen molar-refractivity contribution in [3.63, 3.8) is 0 Å². The molecule has 0 bridgehead atoms. The summed E-state index contributed by atoms with van der Waals surface area (Å²) in [5.41, 5.74) is 1.06. The van der Waals surface area contributed by atoms with E-state index in [0.29, 0.717) is 0 Å². The van der Waals surface area contributed by atoms with Crippen LogP contribution in [0.4, 0.5) is 4.39 Å². The predicted molar refractivity (Wildman–Crippen MR) is 74.4 cm³/mol. The smallest absolute Gasteiger partial charge is 0.337 e. The molecule has 0 saturated carbocycles. The zero-order valence-corrected chi connectivity index (χ0v) is 12.5. The fraction of sp³-hybridized carbons (Fsp3) is 0.571. The van der Waals surface area contributed by atoms with Crippen molar-refractivity contribution in [1.82, 2.24) is 0 Å². The van der Waals surface area contributed by atoms with E-state index in [2.05, 4.69) is 6.92 Å². The fourth-order valence-corrected chi connectivity index (χ4v) is 4.46. The normalized spacial score (nSPS) is 11.8. The lowest BCUT2D eigenvalue weighted by atomic mass is 10.1. The largest absolute Gasteiger partial charge is 0.398 e. The number of benzene rings is 1. The van der Waals surface area contributed by atoms with E-state index in [4.69, 9.17) is 8.85 Å². The van der Waals surface area contributed by atoms with Crippen LogP contribution in [0.3, 0.4) is 0 Å². The second kappa shape index (κ2) is 7.66. The molecule has 0 aromatic heterocycles. The molecule has 4 heteroatoms. The number of aryl methyl sites for hydroxylation is 1. The van der Waals surface area contributed by atoms with Gasteiger partial charge in [-0.1, -0.05) is 25.5 Å². The molecule has 0 amide bonds. The summed E-state index contributed by atoms with van der Waals surface area (Å²) in [4.78, 5) is 0. The summed E-state index contributed by atoms with van der Waals surface area (Å²) >= 11 is 0. The van der Waals surface area contributed by atoms with E-state index < -0.39 is 8.56 Å². The Morgan fingerprint density at radius 2 is 1.89 bits per heavy atom. The summed E-state index contributed by atoms with van der Waals surface area (Å²) in [6.07, 6.45) is 3.03. The molecule has 1 aromatic rings. The van der Waals surface area contributed by atoms with Crippen LogP contribution >= 0.6 is 0 Å². The van der Waals surface area contributed by atoms with Gasteiger partial charge in [0.1, 0.15) is 5.82 Å². The molecule has 0 atom stereocenters. The van der Waals surface area contributed by atoms with E-state index in [1.54, 1.807) is 26.4 Å². The molecule has 0 saturated heterocycles. The van der Waals surface area contributed by atoms with Gasteiger partial charge in [-0.25, -0.2) is 4.39 Å². The fourth-order valence-electron chi connectivity index (χ4n) is 2.17. The molecule has 0 spiro atoms. The monoisotopic (exact) mass is 270 g/mol. The quantitative estimate of drug-likeness (QED) is 0.527. The summed E-state index contributed by atoms with van der Waals surface area (Å²) in [6, 6.07) is 8.80. The van der Waals surface area contributed by atoms with Gasteiger partial charge >= 0.3 is 8.56 Å². The second-order valence-electron chi connectivity index (χ2n) is 4.51. The molecule has 2 nitrogen and oxygen atoms in total. The standard InChI is InChI=1S/C14H23FO2Si/c1-4-18(16-2,17-3)11-6-5-8-13-9-7-10-14(15)12-13/h7,9-10,12H,4-6,8,11H2,1-3H3. The van der Waals surface area contributed by atoms with Crippen molar-refractivity contribution in [3.8, 4) is 0 Å². The number of hydrogen-bond donors (Lipinski definition) is 0. The van der Waals surface area contributed by atoms with Crippen molar-refractivity contribution < 1.29 is 13.2 Å². The average Bonchev–Trinajstić information content (AvgIpc) is 2.40. The lowest BCUT2D eigenvalue weighted by molar-refractivity contribution is 0.241. The minimum Gasteiger partial charge on any atom is -0.398 e. The first-order valence-corrected chi connectivity index (χ1v) is 8.73. The van der Waals surface area contributed by atoms with Gasteiger partial charge in [0.25, 0.3) is 0 Å². The Labute approximate surface area is 110 Å². The van der Waals surface area contributed by atoms with Crippen molar-refractivity contribution in [2.45, 2.75) is 38.3 Å². The number of unbranched alkanes of at least 4 members (excludes halogenated alkanes) is 1. The molecule has 0 unspecified atom stereocenters. The van der Waals surface area contributed by atoms with E-state index in [1.807, 2.05) is 6.07 Å². The van der Waals surface area contributed by atoms with Crippen molar-refractivity contribution in [2.24, 2.45) is 0 Å². The van der Waals surface area contributed by atoms with Crippen LogP contribution in [0.2, 0.25) is 12.1 Å². The maximum absolute atomic E-state index is 13.0. The topological polar surface area (TPSA) is 18.5 Å². The second-order valence-corrected chi connectivity index (χ2v) is 8.35. The van der Waals surface area contributed by atoms with Gasteiger partial charge in [-0.05, 0) is 42.6 Å². The zero-order valence-electron chi connectivity index (χ0n) is 11.5. The molecular formula is C14H23FO2Si. The first-order chi connectivity index (χ1) is 8.65. The number of rotatable bonds is 8. The highest BCUT2D eigenvalue weighted by atomic mass is 28.4. The molecule has 0 N–H and O–H groups in total. The van der Waals surface area contributed by atoms with Crippen molar-refractivity contribution in [3.05, 3.63) is 35.6 Å². The molecule has 0 radical (unpaired) electrons. The summed E-state index contributed by atoms with van der Waals surface area (Å²) in [5, 5.41) is 0. The summed E-state index contributed by atoms with van der Waals surface area (Å²) in [6.45, 7) is 2.12. The van der Waals surface area contributed by atoms with Gasteiger partial charge < -0.3 is 8.85 Å². The highest BCUT2D eigenvalue weighted by molar-refractivity contribution is 6.67. The van der Waals surface area contributed by atoms with E-state index in [1.165, 1.54) is 6.07 Å². The van der Waals surface area contributed by atoms with Gasteiger partial charge in [0.05, 0.1) is 0 Å². The third kappa shape index (κ3) is 4.52. The summed E-state index contributed by atoms with van der Waals surface area (Å²) in [7, 11) is 1.54. The van der Waals surface area contributed by atoms with Crippen molar-refractivity contribution >= 4 is 8.56 Å². The molecule has 0 heterocycles. The first kappa shape index (κ1) is 15.3. The van der Waals surface area contributed by atoms with Gasteiger partial charge in [-0.2, -0.15) is 0 Å². The Balaban J connectivity index is 2.34. The molecular weight excluding hydrogens is 247 g/mol. The Hall–Kier alpha value is -0.713. The Morgan fingerprint density at radius 1 is 1.17 bits per heavy atom. The summed E-state index contributed by atoms with van der Waals surface area (Å²) < 4.78 is 24.1. The third-order valence-corrected chi connectivity index (χ3v) is 7.13. The van der Waals surface area contributed by atoms with Gasteiger partial charge in [0, 0.05) is 14.2 Å². The first-order valence-electron chi connectivity index (χ1n) is 6.50. The third-order valence-electron chi connectivity index (χ3n) is 3.44. The molecule has 102 valence electrons. The van der Waals surface area contributed by atoms with Crippen LogP contribution < -0.4 is 0 Å². The van der Waals surface area contributed by atoms with Crippen LogP contribution in [0.5, 0.6) is 0 Å². The Bertz CT molecular complexity index is 345. The van der Waals surface area contributed by atoms with Crippen LogP contribution in [0, 0.1) is 5.82 Å². The molecule has 0 aliphatic rings. The number of hydrogen-bond acceptors (Lipinski definition) is 2. The lowest BCUT2D eigenvalue weighted by Crippen LogP contribution is -2.38. The molecule has 18 heavy (non-hydrogen) atoms. The minimum absolute atomic E-state index is 0.154. The highest BCUT2D eigenvalue weighted by Crippen LogP contribution is 2.21. The minimum atomic E-state index is -1.94. The van der Waals surface area contributed by atoms with Crippen LogP contribution in [0.1, 0.15) is 25.3 Å². The summed E-state index contributed by atoms with van der Waals surface area (Å²) in [5.74, 6) is -0.154. The molecule has 0 aliphatic carbocycles. The van der Waals surface area contributed by atoms with Crippen LogP contribution in [-0.2, 0) is 15.3 Å². The van der Waals surface area contributed by atoms with Gasteiger partial charge in [-0.15, -0.1) is 0 Å². The molecule has 0 aliphatic heterocycles. The van der Waals surface area contributed by atoms with Gasteiger partial charge in [0.2, 0.25) is 0 Å². The van der Waals surface area contributed by atoms with Crippen LogP contribution in [-0.4, -0.2) is 22.8 Å². The molecule has 1 aromatic carbocycles. The van der Waals surface area contributed by atoms with Gasteiger partial charge in [0.15, 0.2) is 0 Å². The predicted octanol–water partition coefficient (Wildman–Crippen LogP) is 3.90. The van der Waals surface area contributed by atoms with Crippen molar-refractivity contribution in [1.29, 1.82) is 0 Å². The van der Waals surface area contributed by atoms with E-state index in [9.17, 15) is 4.39 Å². The lowest BCUT2D eigenvalue weighted by Gasteiger charge is -2.25. The Morgan fingerprint density at radius 3 is 2.44 bits per heavy atom. The van der Waals surface area contributed by atoms with Gasteiger partial charge in [-0.3, -0.25) is 0 Å². The number of halogens is 1. The maximum Gasteiger partial charge on any atom is 0.337 e. The zero-order chi connectivity index (χ0) is 13.4. The van der Waals surface area contributed by atoms with Crippen LogP contribution in [0.25, 0.3) is 0 Å². The van der Waals surface area contributed by atoms with E-state index in [-0.39, 0.29) is 5.82 Å². The SMILES string of the molecule is CC[Si](CCCCc1cccc(F)c1)(OC)OC. The average molecular weight is 270 g/mol. The maximum atomic E-state index is 13.0. The van der Waals surface area contributed by atoms with E-state index in [0.717, 1.165) is 36.9 Å². The van der Waals surface area contributed by atoms with Crippen molar-refractivity contribution in [2.75, 3.05) is 14.2 Å². The highest BCUT2D eigenvalue weighted by Gasteiger charge is 2.32. The molecule has 1 rings (SSSR count). The molecule has 0 fully saturated rings. The van der Waals surface area contributed by atoms with E-state index >= 15 is 0 Å².